The van der Waals surface area contributed by atoms with Crippen LogP contribution >= 0.6 is 0 Å². The number of benzene rings is 1. The van der Waals surface area contributed by atoms with Crippen molar-refractivity contribution in [3.63, 3.8) is 0 Å². The van der Waals surface area contributed by atoms with Crippen molar-refractivity contribution in [1.29, 1.82) is 0 Å². The zero-order valence-electron chi connectivity index (χ0n) is 15.5. The molecule has 1 aliphatic carbocycles. The smallest absolute Gasteiger partial charge is 0.338 e. The Morgan fingerprint density at radius 2 is 2.07 bits per heavy atom. The average molecular weight is 369 g/mol. The number of rotatable bonds is 4. The van der Waals surface area contributed by atoms with Crippen LogP contribution in [0.2, 0.25) is 0 Å². The molecule has 27 heavy (non-hydrogen) atoms. The van der Waals surface area contributed by atoms with Gasteiger partial charge in [-0.25, -0.2) is 4.79 Å². The predicted molar refractivity (Wildman–Crippen MR) is 98.2 cm³/mol. The number of ether oxygens (including phenoxy) is 2. The van der Waals surface area contributed by atoms with Crippen molar-refractivity contribution in [2.24, 2.45) is 0 Å². The molecule has 1 aromatic carbocycles. The zero-order chi connectivity index (χ0) is 18.8. The van der Waals surface area contributed by atoms with Gasteiger partial charge in [0.25, 0.3) is 0 Å². The predicted octanol–water partition coefficient (Wildman–Crippen LogP) is 2.85. The Balaban J connectivity index is 1.71. The van der Waals surface area contributed by atoms with Crippen molar-refractivity contribution < 1.29 is 14.3 Å². The van der Waals surface area contributed by atoms with Gasteiger partial charge in [0.15, 0.2) is 0 Å². The van der Waals surface area contributed by atoms with Gasteiger partial charge in [0, 0.05) is 5.70 Å². The van der Waals surface area contributed by atoms with Crippen LogP contribution in [0.5, 0.6) is 5.75 Å². The summed E-state index contributed by atoms with van der Waals surface area (Å²) in [5.74, 6) is 0.883. The van der Waals surface area contributed by atoms with E-state index in [4.69, 9.17) is 9.47 Å². The molecule has 4 rings (SSSR count). The van der Waals surface area contributed by atoms with Gasteiger partial charge in [-0.15, -0.1) is 0 Å². The summed E-state index contributed by atoms with van der Waals surface area (Å²) in [4.78, 5) is 13.1. The Morgan fingerprint density at radius 3 is 2.85 bits per heavy atom. The first kappa shape index (κ1) is 17.5. The summed E-state index contributed by atoms with van der Waals surface area (Å²) in [6, 6.07) is 7.11. The molecule has 0 saturated heterocycles. The van der Waals surface area contributed by atoms with E-state index < -0.39 is 6.04 Å². The molecular weight excluding hydrogens is 346 g/mol. The Hall–Kier alpha value is -2.90. The van der Waals surface area contributed by atoms with Crippen molar-refractivity contribution in [2.75, 3.05) is 12.4 Å². The van der Waals surface area contributed by atoms with E-state index in [2.05, 4.69) is 20.8 Å². The molecular formula is C19H23N5O3. The molecule has 0 radical (unpaired) electrons. The summed E-state index contributed by atoms with van der Waals surface area (Å²) in [5, 5.41) is 15.0. The second kappa shape index (κ2) is 7.38. The highest BCUT2D eigenvalue weighted by Gasteiger charge is 2.36. The van der Waals surface area contributed by atoms with Gasteiger partial charge in [-0.3, -0.25) is 0 Å². The van der Waals surface area contributed by atoms with E-state index in [1.165, 1.54) is 6.42 Å². The number of anilines is 1. The fraction of sp³-hybridized carbons (Fsp3) is 0.474. The van der Waals surface area contributed by atoms with Gasteiger partial charge in [0.05, 0.1) is 12.7 Å². The first-order chi connectivity index (χ1) is 13.2. The number of nitrogens with zero attached hydrogens (tertiary/aromatic N) is 4. The average Bonchev–Trinajstić information content (AvgIpc) is 3.15. The molecule has 0 bridgehead atoms. The highest BCUT2D eigenvalue weighted by Crippen LogP contribution is 2.36. The van der Waals surface area contributed by atoms with E-state index in [0.29, 0.717) is 23.0 Å². The summed E-state index contributed by atoms with van der Waals surface area (Å²) >= 11 is 0. The maximum Gasteiger partial charge on any atom is 0.338 e. The number of carbonyl (C=O) groups is 1. The molecule has 1 N–H and O–H groups in total. The van der Waals surface area contributed by atoms with Crippen molar-refractivity contribution in [1.82, 2.24) is 20.2 Å². The first-order valence-electron chi connectivity index (χ1n) is 9.28. The van der Waals surface area contributed by atoms with Crippen LogP contribution in [0, 0.1) is 0 Å². The second-order valence-corrected chi connectivity index (χ2v) is 6.96. The molecule has 2 heterocycles. The number of hydrogen-bond acceptors (Lipinski definition) is 7. The number of methoxy groups -OCH3 is 1. The summed E-state index contributed by atoms with van der Waals surface area (Å²) in [5.41, 5.74) is 2.08. The SMILES string of the molecule is COc1cccc([C@@H]2C(C(=O)OC3CCCCC3)=C(C)Nc3nnnn32)c1. The largest absolute Gasteiger partial charge is 0.497 e. The van der Waals surface area contributed by atoms with Crippen LogP contribution in [0.4, 0.5) is 5.95 Å². The lowest BCUT2D eigenvalue weighted by atomic mass is 9.94. The van der Waals surface area contributed by atoms with E-state index in [-0.39, 0.29) is 12.1 Å². The van der Waals surface area contributed by atoms with Crippen molar-refractivity contribution in [2.45, 2.75) is 51.2 Å². The number of carbonyl (C=O) groups excluding carboxylic acids is 1. The molecule has 0 amide bonds. The maximum absolute atomic E-state index is 13.1. The third-order valence-corrected chi connectivity index (χ3v) is 5.17. The molecule has 1 atom stereocenters. The normalized spacial score (nSPS) is 20.0. The summed E-state index contributed by atoms with van der Waals surface area (Å²) < 4.78 is 12.8. The van der Waals surface area contributed by atoms with Crippen LogP contribution in [0.3, 0.4) is 0 Å². The number of hydrogen-bond donors (Lipinski definition) is 1. The molecule has 1 saturated carbocycles. The third-order valence-electron chi connectivity index (χ3n) is 5.17. The van der Waals surface area contributed by atoms with E-state index in [1.54, 1.807) is 11.8 Å². The van der Waals surface area contributed by atoms with Crippen molar-refractivity contribution in [3.05, 3.63) is 41.1 Å². The van der Waals surface area contributed by atoms with Gasteiger partial charge in [-0.2, -0.15) is 4.68 Å². The number of nitrogens with one attached hydrogen (secondary N) is 1. The van der Waals surface area contributed by atoms with Gasteiger partial charge >= 0.3 is 5.97 Å². The van der Waals surface area contributed by atoms with E-state index >= 15 is 0 Å². The second-order valence-electron chi connectivity index (χ2n) is 6.96. The van der Waals surface area contributed by atoms with Gasteiger partial charge in [-0.1, -0.05) is 23.7 Å². The molecule has 2 aromatic rings. The Labute approximate surface area is 157 Å². The lowest BCUT2D eigenvalue weighted by Gasteiger charge is -2.29. The Kier molecular flexibility index (Phi) is 4.79. The lowest BCUT2D eigenvalue weighted by molar-refractivity contribution is -0.146. The van der Waals surface area contributed by atoms with Crippen LogP contribution in [-0.4, -0.2) is 39.4 Å². The number of fused-ring (bicyclic) bond motifs is 1. The monoisotopic (exact) mass is 369 g/mol. The van der Waals surface area contributed by atoms with E-state index in [0.717, 1.165) is 31.2 Å². The summed E-state index contributed by atoms with van der Waals surface area (Å²) in [7, 11) is 1.61. The topological polar surface area (TPSA) is 91.2 Å². The minimum absolute atomic E-state index is 0.0206. The number of aromatic nitrogens is 4. The van der Waals surface area contributed by atoms with Crippen LogP contribution in [-0.2, 0) is 9.53 Å². The molecule has 142 valence electrons. The van der Waals surface area contributed by atoms with Crippen LogP contribution in [0.15, 0.2) is 35.5 Å². The Morgan fingerprint density at radius 1 is 1.26 bits per heavy atom. The van der Waals surface area contributed by atoms with Gasteiger partial charge in [0.2, 0.25) is 5.95 Å². The van der Waals surface area contributed by atoms with Crippen LogP contribution < -0.4 is 10.1 Å². The summed E-state index contributed by atoms with van der Waals surface area (Å²) in [6.07, 6.45) is 5.23. The number of tetrazole rings is 1. The van der Waals surface area contributed by atoms with Crippen molar-refractivity contribution in [3.8, 4) is 5.75 Å². The standard InChI is InChI=1S/C19H23N5O3/c1-12-16(18(25)27-14-8-4-3-5-9-14)17(24-19(20-12)21-22-23-24)13-7-6-10-15(11-13)26-2/h6-7,10-11,14,17H,3-5,8-9H2,1-2H3,(H,20,21,23)/t17-/m1/s1. The highest BCUT2D eigenvalue weighted by atomic mass is 16.5. The molecule has 1 aromatic heterocycles. The van der Waals surface area contributed by atoms with E-state index in [9.17, 15) is 4.79 Å². The minimum atomic E-state index is -0.470. The lowest BCUT2D eigenvalue weighted by Crippen LogP contribution is -2.32. The number of esters is 1. The molecule has 2 aliphatic rings. The van der Waals surface area contributed by atoms with Crippen LogP contribution in [0.25, 0.3) is 0 Å². The fourth-order valence-electron chi connectivity index (χ4n) is 3.79. The van der Waals surface area contributed by atoms with Crippen molar-refractivity contribution >= 4 is 11.9 Å². The number of allylic oxidation sites excluding steroid dienone is 1. The third kappa shape index (κ3) is 3.39. The maximum atomic E-state index is 13.1. The Bertz CT molecular complexity index is 870. The van der Waals surface area contributed by atoms with Gasteiger partial charge < -0.3 is 14.8 Å². The molecule has 8 nitrogen and oxygen atoms in total. The molecule has 0 spiro atoms. The quantitative estimate of drug-likeness (QED) is 0.829. The molecule has 1 aliphatic heterocycles. The van der Waals surface area contributed by atoms with Gasteiger partial charge in [-0.05, 0) is 60.7 Å². The summed E-state index contributed by atoms with van der Waals surface area (Å²) in [6.45, 7) is 1.85. The minimum Gasteiger partial charge on any atom is -0.497 e. The molecule has 8 heteroatoms. The van der Waals surface area contributed by atoms with E-state index in [1.807, 2.05) is 31.2 Å². The van der Waals surface area contributed by atoms with Crippen LogP contribution in [0.1, 0.15) is 50.6 Å². The first-order valence-corrected chi connectivity index (χ1v) is 9.28. The molecule has 0 unspecified atom stereocenters. The fourth-order valence-corrected chi connectivity index (χ4v) is 3.79. The molecule has 1 fully saturated rings. The zero-order valence-corrected chi connectivity index (χ0v) is 15.5. The van der Waals surface area contributed by atoms with Gasteiger partial charge in [0.1, 0.15) is 17.9 Å². The highest BCUT2D eigenvalue weighted by molar-refractivity contribution is 5.92.